The molecule has 0 fully saturated rings. The topological polar surface area (TPSA) is 61.0 Å². The lowest BCUT2D eigenvalue weighted by molar-refractivity contribution is -0.142. The molecule has 4 nitrogen and oxygen atoms in total. The van der Waals surface area contributed by atoms with Crippen molar-refractivity contribution in [2.75, 3.05) is 13.7 Å². The van der Waals surface area contributed by atoms with Crippen LogP contribution in [-0.4, -0.2) is 23.7 Å². The van der Waals surface area contributed by atoms with Crippen LogP contribution >= 0.6 is 0 Å². The molecule has 0 saturated heterocycles. The zero-order valence-corrected chi connectivity index (χ0v) is 9.42. The molecule has 1 rings (SSSR count). The third kappa shape index (κ3) is 3.94. The minimum Gasteiger partial charge on any atom is -0.385 e. The van der Waals surface area contributed by atoms with Gasteiger partial charge in [-0.1, -0.05) is 0 Å². The van der Waals surface area contributed by atoms with Gasteiger partial charge >= 0.3 is 6.18 Å². The van der Waals surface area contributed by atoms with E-state index in [2.05, 4.69) is 9.97 Å². The maximum atomic E-state index is 12.6. The first kappa shape index (κ1) is 13.9. The zero-order chi connectivity index (χ0) is 12.9. The highest BCUT2D eigenvalue weighted by Gasteiger charge is 2.35. The van der Waals surface area contributed by atoms with E-state index in [1.165, 1.54) is 7.11 Å². The van der Waals surface area contributed by atoms with Gasteiger partial charge in [0, 0.05) is 38.4 Å². The molecular weight excluding hydrogens is 235 g/mol. The molecule has 0 aliphatic carbocycles. The van der Waals surface area contributed by atoms with Crippen molar-refractivity contribution in [3.05, 3.63) is 23.3 Å². The molecule has 0 atom stereocenters. The van der Waals surface area contributed by atoms with Gasteiger partial charge in [0.05, 0.1) is 0 Å². The van der Waals surface area contributed by atoms with Crippen LogP contribution in [0.25, 0.3) is 0 Å². The summed E-state index contributed by atoms with van der Waals surface area (Å²) >= 11 is 0. The van der Waals surface area contributed by atoms with Crippen molar-refractivity contribution < 1.29 is 17.9 Å². The fraction of sp³-hybridized carbons (Fsp3) is 0.600. The van der Waals surface area contributed by atoms with Gasteiger partial charge in [0.1, 0.15) is 5.82 Å². The van der Waals surface area contributed by atoms with Crippen LogP contribution in [0.5, 0.6) is 0 Å². The number of nitrogens with zero attached hydrogens (tertiary/aromatic N) is 2. The average molecular weight is 249 g/mol. The number of halogens is 3. The quantitative estimate of drug-likeness (QED) is 0.804. The SMILES string of the molecule is COCCCc1ncc(CN)c(C(F)(F)F)n1. The van der Waals surface area contributed by atoms with Crippen molar-refractivity contribution in [3.8, 4) is 0 Å². The van der Waals surface area contributed by atoms with E-state index in [0.717, 1.165) is 6.20 Å². The number of methoxy groups -OCH3 is 1. The summed E-state index contributed by atoms with van der Waals surface area (Å²) in [7, 11) is 1.53. The summed E-state index contributed by atoms with van der Waals surface area (Å²) in [5, 5.41) is 0. The van der Waals surface area contributed by atoms with E-state index in [9.17, 15) is 13.2 Å². The normalized spacial score (nSPS) is 11.8. The summed E-state index contributed by atoms with van der Waals surface area (Å²) in [5.41, 5.74) is 4.19. The number of aryl methyl sites for hydroxylation is 1. The molecule has 0 aromatic carbocycles. The Bertz CT molecular complexity index is 368. The highest BCUT2D eigenvalue weighted by molar-refractivity contribution is 5.20. The van der Waals surface area contributed by atoms with Gasteiger partial charge in [-0.15, -0.1) is 0 Å². The Labute approximate surface area is 97.0 Å². The Morgan fingerprint density at radius 2 is 2.12 bits per heavy atom. The van der Waals surface area contributed by atoms with Crippen LogP contribution in [0.15, 0.2) is 6.20 Å². The molecule has 1 aromatic rings. The van der Waals surface area contributed by atoms with Crippen LogP contribution in [0, 0.1) is 0 Å². The summed E-state index contributed by atoms with van der Waals surface area (Å²) in [4.78, 5) is 7.36. The molecule has 7 heteroatoms. The Morgan fingerprint density at radius 1 is 1.41 bits per heavy atom. The molecule has 1 heterocycles. The maximum absolute atomic E-state index is 12.6. The molecule has 0 aliphatic heterocycles. The second-order valence-corrected chi connectivity index (χ2v) is 3.46. The molecule has 17 heavy (non-hydrogen) atoms. The standard InChI is InChI=1S/C10H14F3N3O/c1-17-4-2-3-8-15-6-7(5-14)9(16-8)10(11,12)13/h6H,2-5,14H2,1H3. The highest BCUT2D eigenvalue weighted by Crippen LogP contribution is 2.30. The van der Waals surface area contributed by atoms with Crippen LogP contribution in [0.3, 0.4) is 0 Å². The molecule has 0 unspecified atom stereocenters. The number of nitrogens with two attached hydrogens (primary N) is 1. The first-order chi connectivity index (χ1) is 7.99. The number of rotatable bonds is 5. The molecule has 0 aliphatic rings. The third-order valence-corrected chi connectivity index (χ3v) is 2.15. The van der Waals surface area contributed by atoms with E-state index in [4.69, 9.17) is 10.5 Å². The monoisotopic (exact) mass is 249 g/mol. The molecule has 2 N–H and O–H groups in total. The summed E-state index contributed by atoms with van der Waals surface area (Å²) in [5.74, 6) is 0.159. The van der Waals surface area contributed by atoms with Crippen LogP contribution in [0.2, 0.25) is 0 Å². The van der Waals surface area contributed by atoms with Crippen molar-refractivity contribution in [1.29, 1.82) is 0 Å². The molecule has 96 valence electrons. The van der Waals surface area contributed by atoms with Crippen molar-refractivity contribution in [1.82, 2.24) is 9.97 Å². The predicted octanol–water partition coefficient (Wildman–Crippen LogP) is 1.53. The smallest absolute Gasteiger partial charge is 0.385 e. The van der Waals surface area contributed by atoms with Gasteiger partial charge in [-0.3, -0.25) is 0 Å². The Kier molecular flexibility index (Phi) is 4.83. The van der Waals surface area contributed by atoms with Crippen molar-refractivity contribution in [2.24, 2.45) is 5.73 Å². The van der Waals surface area contributed by atoms with Gasteiger partial charge in [-0.25, -0.2) is 9.97 Å². The first-order valence-corrected chi connectivity index (χ1v) is 5.10. The van der Waals surface area contributed by atoms with Gasteiger partial charge in [0.15, 0.2) is 5.69 Å². The van der Waals surface area contributed by atoms with Crippen LogP contribution in [0.1, 0.15) is 23.5 Å². The number of ether oxygens (including phenoxy) is 1. The molecule has 0 saturated carbocycles. The van der Waals surface area contributed by atoms with Crippen LogP contribution < -0.4 is 5.73 Å². The van der Waals surface area contributed by atoms with E-state index in [-0.39, 0.29) is 17.9 Å². The zero-order valence-electron chi connectivity index (χ0n) is 9.42. The Morgan fingerprint density at radius 3 is 2.65 bits per heavy atom. The lowest BCUT2D eigenvalue weighted by Crippen LogP contribution is -2.17. The second-order valence-electron chi connectivity index (χ2n) is 3.46. The summed E-state index contributed by atoms with van der Waals surface area (Å²) < 4.78 is 42.7. The maximum Gasteiger partial charge on any atom is 0.433 e. The molecule has 1 aromatic heterocycles. The Hall–Kier alpha value is -1.21. The minimum absolute atomic E-state index is 0.0898. The molecule has 0 spiro atoms. The lowest BCUT2D eigenvalue weighted by Gasteiger charge is -2.11. The van der Waals surface area contributed by atoms with Gasteiger partial charge in [-0.05, 0) is 6.42 Å². The molecule has 0 amide bonds. The largest absolute Gasteiger partial charge is 0.433 e. The van der Waals surface area contributed by atoms with Crippen molar-refractivity contribution in [3.63, 3.8) is 0 Å². The average Bonchev–Trinajstić information content (AvgIpc) is 2.28. The van der Waals surface area contributed by atoms with E-state index in [0.29, 0.717) is 19.4 Å². The van der Waals surface area contributed by atoms with Gasteiger partial charge in [-0.2, -0.15) is 13.2 Å². The predicted molar refractivity (Wildman–Crippen MR) is 55.1 cm³/mol. The lowest BCUT2D eigenvalue weighted by atomic mass is 10.2. The number of hydrogen-bond donors (Lipinski definition) is 1. The Balaban J connectivity index is 2.89. The number of alkyl halides is 3. The van der Waals surface area contributed by atoms with Gasteiger partial charge in [0.2, 0.25) is 0 Å². The summed E-state index contributed by atoms with van der Waals surface area (Å²) in [6.45, 7) is 0.233. The minimum atomic E-state index is -4.49. The second kappa shape index (κ2) is 5.92. The summed E-state index contributed by atoms with van der Waals surface area (Å²) in [6, 6.07) is 0. The number of aromatic nitrogens is 2. The van der Waals surface area contributed by atoms with E-state index >= 15 is 0 Å². The molecule has 0 bridgehead atoms. The fourth-order valence-corrected chi connectivity index (χ4v) is 1.33. The van der Waals surface area contributed by atoms with E-state index in [1.54, 1.807) is 0 Å². The van der Waals surface area contributed by atoms with Crippen molar-refractivity contribution >= 4 is 0 Å². The fourth-order valence-electron chi connectivity index (χ4n) is 1.33. The molecule has 0 radical (unpaired) electrons. The van der Waals surface area contributed by atoms with Crippen LogP contribution in [-0.2, 0) is 23.9 Å². The summed E-state index contributed by atoms with van der Waals surface area (Å²) in [6.07, 6.45) is -2.43. The third-order valence-electron chi connectivity index (χ3n) is 2.15. The van der Waals surface area contributed by atoms with Gasteiger partial charge in [0.25, 0.3) is 0 Å². The van der Waals surface area contributed by atoms with E-state index in [1.807, 2.05) is 0 Å². The van der Waals surface area contributed by atoms with E-state index < -0.39 is 11.9 Å². The highest BCUT2D eigenvalue weighted by atomic mass is 19.4. The first-order valence-electron chi connectivity index (χ1n) is 5.10. The molecular formula is C10H14F3N3O. The van der Waals surface area contributed by atoms with Crippen molar-refractivity contribution in [2.45, 2.75) is 25.6 Å². The number of hydrogen-bond acceptors (Lipinski definition) is 4. The van der Waals surface area contributed by atoms with Crippen LogP contribution in [0.4, 0.5) is 13.2 Å². The van der Waals surface area contributed by atoms with Gasteiger partial charge < -0.3 is 10.5 Å².